The minimum absolute atomic E-state index is 0.0865. The molecule has 2 aromatic carbocycles. The molecule has 0 aliphatic heterocycles. The van der Waals surface area contributed by atoms with Crippen LogP contribution in [0.25, 0.3) is 22.2 Å². The highest BCUT2D eigenvalue weighted by Crippen LogP contribution is 2.28. The van der Waals surface area contributed by atoms with Crippen molar-refractivity contribution in [1.29, 1.82) is 0 Å². The third-order valence-electron chi connectivity index (χ3n) is 4.15. The number of fused-ring (bicyclic) bond motifs is 1. The largest absolute Gasteiger partial charge is 0.451 e. The molecule has 0 fully saturated rings. The first-order valence-electron chi connectivity index (χ1n) is 7.92. The molecule has 0 unspecified atom stereocenters. The van der Waals surface area contributed by atoms with Gasteiger partial charge >= 0.3 is 0 Å². The first kappa shape index (κ1) is 16.0. The third kappa shape index (κ3) is 2.73. The number of rotatable bonds is 3. The van der Waals surface area contributed by atoms with Gasteiger partial charge < -0.3 is 4.42 Å². The van der Waals surface area contributed by atoms with Crippen molar-refractivity contribution < 1.29 is 18.2 Å². The van der Waals surface area contributed by atoms with Gasteiger partial charge in [-0.05, 0) is 42.4 Å². The zero-order valence-corrected chi connectivity index (χ0v) is 14.0. The van der Waals surface area contributed by atoms with Crippen LogP contribution < -0.4 is 5.32 Å². The van der Waals surface area contributed by atoms with Crippen LogP contribution in [0.4, 0.5) is 10.2 Å². The monoisotopic (exact) mass is 351 g/mol. The number of hydrogen-bond acceptors (Lipinski definition) is 5. The van der Waals surface area contributed by atoms with E-state index in [4.69, 9.17) is 9.05 Å². The molecule has 0 radical (unpaired) electrons. The van der Waals surface area contributed by atoms with Gasteiger partial charge in [-0.1, -0.05) is 29.8 Å². The molecule has 7 heteroatoms. The molecule has 6 nitrogen and oxygen atoms in total. The van der Waals surface area contributed by atoms with Gasteiger partial charge in [0.25, 0.3) is 5.91 Å². The van der Waals surface area contributed by atoms with Gasteiger partial charge in [-0.3, -0.25) is 10.1 Å². The summed E-state index contributed by atoms with van der Waals surface area (Å²) in [5, 5.41) is 10.8. The van der Waals surface area contributed by atoms with E-state index in [1.54, 1.807) is 6.92 Å². The van der Waals surface area contributed by atoms with Crippen molar-refractivity contribution in [2.75, 3.05) is 5.32 Å². The lowest BCUT2D eigenvalue weighted by Crippen LogP contribution is -2.13. The van der Waals surface area contributed by atoms with Crippen LogP contribution in [0.3, 0.4) is 0 Å². The van der Waals surface area contributed by atoms with Crippen LogP contribution in [0, 0.1) is 19.7 Å². The van der Waals surface area contributed by atoms with Gasteiger partial charge in [-0.15, -0.1) is 0 Å². The molecule has 2 aromatic heterocycles. The standard InChI is InChI=1S/C19H14FN3O3/c1-10-3-5-12(6-4-10)16-18(23-26-22-16)21-19(24)17-11(2)14-9-13(20)7-8-15(14)25-17/h3-9H,1-2H3,(H,21,23,24). The summed E-state index contributed by atoms with van der Waals surface area (Å²) in [6.45, 7) is 3.67. The van der Waals surface area contributed by atoms with E-state index in [-0.39, 0.29) is 11.6 Å². The lowest BCUT2D eigenvalue weighted by molar-refractivity contribution is 0.0997. The Hall–Kier alpha value is -3.48. The summed E-state index contributed by atoms with van der Waals surface area (Å²) in [4.78, 5) is 12.6. The molecule has 0 spiro atoms. The molecule has 0 aliphatic carbocycles. The van der Waals surface area contributed by atoms with E-state index >= 15 is 0 Å². The van der Waals surface area contributed by atoms with E-state index < -0.39 is 11.7 Å². The van der Waals surface area contributed by atoms with E-state index in [1.807, 2.05) is 31.2 Å². The summed E-state index contributed by atoms with van der Waals surface area (Å²) in [5.41, 5.74) is 3.26. The first-order chi connectivity index (χ1) is 12.5. The highest BCUT2D eigenvalue weighted by Gasteiger charge is 2.21. The number of nitrogens with one attached hydrogen (secondary N) is 1. The highest BCUT2D eigenvalue weighted by molar-refractivity contribution is 6.07. The predicted molar refractivity (Wildman–Crippen MR) is 93.3 cm³/mol. The molecule has 1 N–H and O–H groups in total. The van der Waals surface area contributed by atoms with Gasteiger partial charge in [0, 0.05) is 16.5 Å². The van der Waals surface area contributed by atoms with Crippen molar-refractivity contribution >= 4 is 22.7 Å². The minimum atomic E-state index is -0.511. The fourth-order valence-corrected chi connectivity index (χ4v) is 2.75. The van der Waals surface area contributed by atoms with Crippen molar-refractivity contribution in [3.63, 3.8) is 0 Å². The van der Waals surface area contributed by atoms with Crippen LogP contribution >= 0.6 is 0 Å². The Morgan fingerprint density at radius 3 is 2.62 bits per heavy atom. The molecule has 130 valence electrons. The van der Waals surface area contributed by atoms with Crippen molar-refractivity contribution in [2.45, 2.75) is 13.8 Å². The Morgan fingerprint density at radius 1 is 1.08 bits per heavy atom. The lowest BCUT2D eigenvalue weighted by atomic mass is 10.1. The van der Waals surface area contributed by atoms with Crippen molar-refractivity contribution in [1.82, 2.24) is 10.3 Å². The van der Waals surface area contributed by atoms with Gasteiger partial charge in [-0.25, -0.2) is 9.02 Å². The van der Waals surface area contributed by atoms with E-state index in [0.29, 0.717) is 22.2 Å². The van der Waals surface area contributed by atoms with E-state index in [1.165, 1.54) is 18.2 Å². The Kier molecular flexibility index (Phi) is 3.76. The molecular formula is C19H14FN3O3. The van der Waals surface area contributed by atoms with Crippen LogP contribution in [-0.4, -0.2) is 16.2 Å². The van der Waals surface area contributed by atoms with Crippen LogP contribution in [0.2, 0.25) is 0 Å². The topological polar surface area (TPSA) is 81.2 Å². The normalized spacial score (nSPS) is 11.0. The predicted octanol–water partition coefficient (Wildman–Crippen LogP) is 4.49. The van der Waals surface area contributed by atoms with Crippen LogP contribution in [0.15, 0.2) is 51.5 Å². The fraction of sp³-hybridized carbons (Fsp3) is 0.105. The Balaban J connectivity index is 1.67. The molecule has 0 saturated heterocycles. The zero-order valence-electron chi connectivity index (χ0n) is 14.0. The number of amides is 1. The van der Waals surface area contributed by atoms with E-state index in [9.17, 15) is 9.18 Å². The number of carbonyl (C=O) groups excluding carboxylic acids is 1. The van der Waals surface area contributed by atoms with Crippen LogP contribution in [0.5, 0.6) is 0 Å². The summed E-state index contributed by atoms with van der Waals surface area (Å²) in [5.74, 6) is -0.632. The number of furan rings is 1. The van der Waals surface area contributed by atoms with Crippen LogP contribution in [-0.2, 0) is 0 Å². The van der Waals surface area contributed by atoms with Crippen molar-refractivity contribution in [3.8, 4) is 11.3 Å². The summed E-state index contributed by atoms with van der Waals surface area (Å²) < 4.78 is 23.8. The van der Waals surface area contributed by atoms with E-state index in [2.05, 4.69) is 15.6 Å². The Labute approximate surface area is 147 Å². The van der Waals surface area contributed by atoms with Gasteiger partial charge in [0.2, 0.25) is 5.82 Å². The molecule has 26 heavy (non-hydrogen) atoms. The number of nitrogens with zero attached hydrogens (tertiary/aromatic N) is 2. The lowest BCUT2D eigenvalue weighted by Gasteiger charge is -2.02. The average molecular weight is 351 g/mol. The molecular weight excluding hydrogens is 337 g/mol. The minimum Gasteiger partial charge on any atom is -0.451 e. The molecule has 0 saturated carbocycles. The summed E-state index contributed by atoms with van der Waals surface area (Å²) in [6.07, 6.45) is 0. The van der Waals surface area contributed by atoms with Gasteiger partial charge in [0.15, 0.2) is 11.5 Å². The van der Waals surface area contributed by atoms with Crippen molar-refractivity contribution in [2.24, 2.45) is 0 Å². The van der Waals surface area contributed by atoms with Crippen LogP contribution in [0.1, 0.15) is 21.7 Å². The third-order valence-corrected chi connectivity index (χ3v) is 4.15. The summed E-state index contributed by atoms with van der Waals surface area (Å²) in [7, 11) is 0. The highest BCUT2D eigenvalue weighted by atomic mass is 19.1. The molecule has 0 bridgehead atoms. The Morgan fingerprint density at radius 2 is 1.85 bits per heavy atom. The maximum Gasteiger partial charge on any atom is 0.292 e. The molecule has 2 heterocycles. The quantitative estimate of drug-likeness (QED) is 0.588. The second-order valence-corrected chi connectivity index (χ2v) is 5.98. The second kappa shape index (κ2) is 6.11. The number of halogens is 1. The second-order valence-electron chi connectivity index (χ2n) is 5.98. The maximum atomic E-state index is 13.4. The summed E-state index contributed by atoms with van der Waals surface area (Å²) >= 11 is 0. The van der Waals surface area contributed by atoms with Gasteiger partial charge in [-0.2, -0.15) is 0 Å². The smallest absolute Gasteiger partial charge is 0.292 e. The van der Waals surface area contributed by atoms with Gasteiger partial charge in [0.1, 0.15) is 11.4 Å². The Bertz CT molecular complexity index is 1110. The van der Waals surface area contributed by atoms with Crippen molar-refractivity contribution in [3.05, 3.63) is 65.2 Å². The maximum absolute atomic E-state index is 13.4. The average Bonchev–Trinajstić information content (AvgIpc) is 3.21. The summed E-state index contributed by atoms with van der Waals surface area (Å²) in [6, 6.07) is 11.7. The zero-order chi connectivity index (χ0) is 18.3. The molecule has 4 aromatic rings. The first-order valence-corrected chi connectivity index (χ1v) is 7.92. The molecule has 1 amide bonds. The number of aryl methyl sites for hydroxylation is 2. The molecule has 0 aliphatic rings. The number of aromatic nitrogens is 2. The molecule has 4 rings (SSSR count). The number of hydrogen-bond donors (Lipinski definition) is 1. The number of benzene rings is 2. The number of carbonyl (C=O) groups is 1. The molecule has 0 atom stereocenters. The fourth-order valence-electron chi connectivity index (χ4n) is 2.75. The van der Waals surface area contributed by atoms with E-state index in [0.717, 1.165) is 11.1 Å². The van der Waals surface area contributed by atoms with Gasteiger partial charge in [0.05, 0.1) is 0 Å². The SMILES string of the molecule is Cc1ccc(-c2nonc2NC(=O)c2oc3ccc(F)cc3c2C)cc1. The number of anilines is 1.